The van der Waals surface area contributed by atoms with Crippen LogP contribution >= 0.6 is 0 Å². The first kappa shape index (κ1) is 18.7. The van der Waals surface area contributed by atoms with Crippen LogP contribution in [-0.4, -0.2) is 39.5 Å². The quantitative estimate of drug-likeness (QED) is 0.550. The molecule has 4 aromatic heterocycles. The number of rotatable bonds is 2. The molecule has 0 saturated carbocycles. The molecule has 0 radical (unpaired) electrons. The van der Waals surface area contributed by atoms with Crippen molar-refractivity contribution in [3.63, 3.8) is 0 Å². The number of aryl methyl sites for hydroxylation is 1. The fraction of sp³-hybridized carbons (Fsp3) is 0.318. The van der Waals surface area contributed by atoms with Crippen molar-refractivity contribution in [1.29, 1.82) is 0 Å². The van der Waals surface area contributed by atoms with Gasteiger partial charge in [0.2, 0.25) is 5.71 Å². The highest BCUT2D eigenvalue weighted by Gasteiger charge is 2.24. The first-order chi connectivity index (χ1) is 14.4. The van der Waals surface area contributed by atoms with Crippen LogP contribution in [-0.2, 0) is 0 Å². The zero-order valence-corrected chi connectivity index (χ0v) is 17.0. The number of hydrogen-bond acceptors (Lipinski definition) is 6. The van der Waals surface area contributed by atoms with Crippen LogP contribution in [0.1, 0.15) is 19.4 Å². The van der Waals surface area contributed by atoms with Gasteiger partial charge >= 0.3 is 5.63 Å². The number of hydrogen-bond donors (Lipinski definition) is 1. The van der Waals surface area contributed by atoms with Crippen molar-refractivity contribution < 1.29 is 8.81 Å². The summed E-state index contributed by atoms with van der Waals surface area (Å²) in [5.41, 5.74) is 1.32. The van der Waals surface area contributed by atoms with Crippen molar-refractivity contribution in [3.05, 3.63) is 58.5 Å². The summed E-state index contributed by atoms with van der Waals surface area (Å²) in [6.45, 7) is 7.76. The Morgan fingerprint density at radius 1 is 1.20 bits per heavy atom. The maximum absolute atomic E-state index is 14.2. The minimum absolute atomic E-state index is 0.172. The molecule has 5 heterocycles. The Balaban J connectivity index is 1.58. The SMILES string of the molecule is Cc1cc(F)c2nc(-c3cc4ccc(N5C[C@H](C)NC[C@H]5C)nc4oc3=O)cn2c1. The van der Waals surface area contributed by atoms with Gasteiger partial charge < -0.3 is 19.0 Å². The van der Waals surface area contributed by atoms with Gasteiger partial charge in [0.25, 0.3) is 0 Å². The molecule has 1 N–H and O–H groups in total. The number of fused-ring (bicyclic) bond motifs is 2. The van der Waals surface area contributed by atoms with Gasteiger partial charge in [-0.25, -0.2) is 14.2 Å². The molecule has 1 fully saturated rings. The van der Waals surface area contributed by atoms with Crippen LogP contribution < -0.4 is 15.8 Å². The molecule has 1 aliphatic rings. The number of imidazole rings is 1. The second-order valence-electron chi connectivity index (χ2n) is 8.04. The molecule has 0 amide bonds. The largest absolute Gasteiger partial charge is 0.403 e. The molecule has 0 aromatic carbocycles. The summed E-state index contributed by atoms with van der Waals surface area (Å²) in [5.74, 6) is 0.349. The highest BCUT2D eigenvalue weighted by molar-refractivity contribution is 5.80. The van der Waals surface area contributed by atoms with E-state index in [0.717, 1.165) is 24.5 Å². The Labute approximate surface area is 172 Å². The lowest BCUT2D eigenvalue weighted by Gasteiger charge is -2.38. The molecule has 5 rings (SSSR count). The summed E-state index contributed by atoms with van der Waals surface area (Å²) in [6, 6.07) is 7.59. The molecule has 1 aliphatic heterocycles. The number of nitrogens with one attached hydrogen (secondary N) is 1. The molecule has 1 saturated heterocycles. The van der Waals surface area contributed by atoms with Gasteiger partial charge in [-0.1, -0.05) is 0 Å². The number of piperazine rings is 1. The van der Waals surface area contributed by atoms with E-state index < -0.39 is 11.4 Å². The second kappa shape index (κ2) is 6.91. The maximum atomic E-state index is 14.2. The van der Waals surface area contributed by atoms with Crippen molar-refractivity contribution in [1.82, 2.24) is 19.7 Å². The van der Waals surface area contributed by atoms with Crippen molar-refractivity contribution in [3.8, 4) is 11.3 Å². The summed E-state index contributed by atoms with van der Waals surface area (Å²) in [5, 5.41) is 4.14. The lowest BCUT2D eigenvalue weighted by Crippen LogP contribution is -2.54. The molecule has 0 spiro atoms. The molecule has 2 atom stereocenters. The fourth-order valence-electron chi connectivity index (χ4n) is 3.99. The van der Waals surface area contributed by atoms with Gasteiger partial charge in [-0.2, -0.15) is 4.98 Å². The van der Waals surface area contributed by atoms with Crippen molar-refractivity contribution in [2.45, 2.75) is 32.9 Å². The minimum atomic E-state index is -0.547. The molecule has 0 bridgehead atoms. The zero-order valence-electron chi connectivity index (χ0n) is 17.0. The lowest BCUT2D eigenvalue weighted by molar-refractivity contribution is 0.422. The van der Waals surface area contributed by atoms with E-state index in [1.54, 1.807) is 29.8 Å². The highest BCUT2D eigenvalue weighted by Crippen LogP contribution is 2.25. The zero-order chi connectivity index (χ0) is 21.0. The van der Waals surface area contributed by atoms with E-state index in [1.807, 2.05) is 12.1 Å². The molecular weight excluding hydrogens is 385 g/mol. The van der Waals surface area contributed by atoms with Crippen molar-refractivity contribution >= 4 is 22.6 Å². The fourth-order valence-corrected chi connectivity index (χ4v) is 3.99. The van der Waals surface area contributed by atoms with Gasteiger partial charge in [0.1, 0.15) is 5.82 Å². The third kappa shape index (κ3) is 3.13. The Bertz CT molecular complexity index is 1330. The monoisotopic (exact) mass is 407 g/mol. The predicted molar refractivity (Wildman–Crippen MR) is 113 cm³/mol. The van der Waals surface area contributed by atoms with Crippen LogP contribution in [0.25, 0.3) is 28.0 Å². The van der Waals surface area contributed by atoms with Crippen LogP contribution in [0, 0.1) is 12.7 Å². The first-order valence-electron chi connectivity index (χ1n) is 9.99. The maximum Gasteiger partial charge on any atom is 0.347 e. The highest BCUT2D eigenvalue weighted by atomic mass is 19.1. The van der Waals surface area contributed by atoms with Crippen molar-refractivity contribution in [2.24, 2.45) is 0 Å². The van der Waals surface area contributed by atoms with E-state index in [0.29, 0.717) is 17.1 Å². The van der Waals surface area contributed by atoms with Crippen LogP contribution in [0.5, 0.6) is 0 Å². The topological polar surface area (TPSA) is 75.7 Å². The summed E-state index contributed by atoms with van der Waals surface area (Å²) in [6.07, 6.45) is 3.40. The Morgan fingerprint density at radius 3 is 2.87 bits per heavy atom. The molecule has 4 aromatic rings. The normalized spacial score (nSPS) is 19.7. The summed E-state index contributed by atoms with van der Waals surface area (Å²) in [7, 11) is 0. The summed E-state index contributed by atoms with van der Waals surface area (Å²) < 4.78 is 21.3. The van der Waals surface area contributed by atoms with Crippen LogP contribution in [0.4, 0.5) is 10.2 Å². The van der Waals surface area contributed by atoms with Gasteiger partial charge in [0.15, 0.2) is 11.5 Å². The van der Waals surface area contributed by atoms with Crippen LogP contribution in [0.3, 0.4) is 0 Å². The van der Waals surface area contributed by atoms with E-state index in [9.17, 15) is 9.18 Å². The van der Waals surface area contributed by atoms with E-state index in [2.05, 4.69) is 34.0 Å². The van der Waals surface area contributed by atoms with Gasteiger partial charge in [-0.05, 0) is 50.6 Å². The van der Waals surface area contributed by atoms with Crippen molar-refractivity contribution in [2.75, 3.05) is 18.0 Å². The lowest BCUT2D eigenvalue weighted by atomic mass is 10.1. The molecule has 0 unspecified atom stereocenters. The Kier molecular flexibility index (Phi) is 4.32. The smallest absolute Gasteiger partial charge is 0.347 e. The molecule has 0 aliphatic carbocycles. The van der Waals surface area contributed by atoms with Gasteiger partial charge in [0, 0.05) is 43.0 Å². The molecule has 154 valence electrons. The van der Waals surface area contributed by atoms with Crippen LogP contribution in [0.2, 0.25) is 0 Å². The Hall–Kier alpha value is -3.26. The molecule has 30 heavy (non-hydrogen) atoms. The predicted octanol–water partition coefficient (Wildman–Crippen LogP) is 3.14. The number of halogens is 1. The number of anilines is 1. The molecular formula is C22H22FN5O2. The van der Waals surface area contributed by atoms with E-state index >= 15 is 0 Å². The van der Waals surface area contributed by atoms with Gasteiger partial charge in [0.05, 0.1) is 11.3 Å². The Morgan fingerprint density at radius 2 is 2.03 bits per heavy atom. The minimum Gasteiger partial charge on any atom is -0.403 e. The van der Waals surface area contributed by atoms with E-state index in [-0.39, 0.29) is 23.0 Å². The molecule has 7 nitrogen and oxygen atoms in total. The second-order valence-corrected chi connectivity index (χ2v) is 8.04. The van der Waals surface area contributed by atoms with Gasteiger partial charge in [-0.15, -0.1) is 0 Å². The number of aromatic nitrogens is 3. The summed E-state index contributed by atoms with van der Waals surface area (Å²) in [4.78, 5) is 23.8. The first-order valence-corrected chi connectivity index (χ1v) is 9.99. The van der Waals surface area contributed by atoms with Crippen LogP contribution in [0.15, 0.2) is 45.9 Å². The number of pyridine rings is 2. The van der Waals surface area contributed by atoms with E-state index in [4.69, 9.17) is 4.42 Å². The number of nitrogens with zero attached hydrogens (tertiary/aromatic N) is 4. The molecule has 8 heteroatoms. The summed E-state index contributed by atoms with van der Waals surface area (Å²) >= 11 is 0. The van der Waals surface area contributed by atoms with Gasteiger partial charge in [-0.3, -0.25) is 0 Å². The third-order valence-corrected chi connectivity index (χ3v) is 5.56. The third-order valence-electron chi connectivity index (χ3n) is 5.56. The van der Waals surface area contributed by atoms with E-state index in [1.165, 1.54) is 6.07 Å². The standard InChI is InChI=1S/C22H22FN5O2/c1-12-6-17(23)20-25-18(11-27(20)9-12)16-7-15-4-5-19(26-21(15)30-22(16)29)28-10-13(2)24-8-14(28)3/h4-7,9,11,13-14,24H,8,10H2,1-3H3/t13-,14+/m0/s1. The average Bonchev–Trinajstić information content (AvgIpc) is 3.13. The average molecular weight is 407 g/mol.